The summed E-state index contributed by atoms with van der Waals surface area (Å²) in [5.41, 5.74) is 1.11. The monoisotopic (exact) mass is 282 g/mol. The van der Waals surface area contributed by atoms with Crippen LogP contribution in [-0.2, 0) is 4.74 Å². The molecule has 1 heterocycles. The van der Waals surface area contributed by atoms with Gasteiger partial charge in [0.1, 0.15) is 5.69 Å². The van der Waals surface area contributed by atoms with Gasteiger partial charge in [-0.2, -0.15) is 4.98 Å². The van der Waals surface area contributed by atoms with Crippen molar-refractivity contribution in [3.05, 3.63) is 23.8 Å². The van der Waals surface area contributed by atoms with Gasteiger partial charge in [-0.15, -0.1) is 0 Å². The molecule has 110 valence electrons. The van der Waals surface area contributed by atoms with E-state index in [1.807, 2.05) is 6.08 Å². The normalized spacial score (nSPS) is 20.4. The zero-order valence-electron chi connectivity index (χ0n) is 11.7. The third-order valence-corrected chi connectivity index (χ3v) is 3.47. The molecule has 0 aliphatic heterocycles. The van der Waals surface area contributed by atoms with Crippen molar-refractivity contribution < 1.29 is 19.0 Å². The van der Waals surface area contributed by atoms with Crippen molar-refractivity contribution in [3.63, 3.8) is 0 Å². The summed E-state index contributed by atoms with van der Waals surface area (Å²) in [4.78, 5) is 7.84. The molecule has 0 saturated heterocycles. The van der Waals surface area contributed by atoms with Crippen molar-refractivity contribution in [2.45, 2.75) is 32.3 Å². The zero-order chi connectivity index (χ0) is 14.5. The molecule has 2 unspecified atom stereocenters. The highest BCUT2D eigenvalue weighted by Crippen LogP contribution is 2.32. The third kappa shape index (κ3) is 3.52. The van der Waals surface area contributed by atoms with Gasteiger partial charge in [-0.1, -0.05) is 6.08 Å². The van der Waals surface area contributed by atoms with Crippen LogP contribution in [-0.4, -0.2) is 35.1 Å². The van der Waals surface area contributed by atoms with Crippen molar-refractivity contribution in [2.75, 3.05) is 13.9 Å². The van der Waals surface area contributed by atoms with Crippen LogP contribution in [0.2, 0.25) is 0 Å². The predicted molar refractivity (Wildman–Crippen MR) is 71.5 cm³/mol. The second-order valence-electron chi connectivity index (χ2n) is 4.90. The first-order valence-corrected chi connectivity index (χ1v) is 6.63. The summed E-state index contributed by atoms with van der Waals surface area (Å²) < 4.78 is 23.7. The number of ether oxygens (including phenoxy) is 2. The first-order valence-electron chi connectivity index (χ1n) is 6.63. The van der Waals surface area contributed by atoms with E-state index in [0.717, 1.165) is 24.6 Å². The number of aliphatic hydroxyl groups is 1. The number of halogens is 1. The number of aliphatic hydroxyl groups excluding tert-OH is 1. The molecule has 1 aliphatic rings. The highest BCUT2D eigenvalue weighted by Gasteiger charge is 2.22. The Morgan fingerprint density at radius 1 is 1.55 bits per heavy atom. The Hall–Kier alpha value is -1.53. The van der Waals surface area contributed by atoms with Crippen LogP contribution in [0.4, 0.5) is 4.39 Å². The van der Waals surface area contributed by atoms with Crippen LogP contribution in [0.5, 0.6) is 6.01 Å². The summed E-state index contributed by atoms with van der Waals surface area (Å²) in [6, 6.07) is 0.0989. The number of methoxy groups -OCH3 is 1. The first kappa shape index (κ1) is 14.9. The molecule has 1 aromatic heterocycles. The smallest absolute Gasteiger partial charge is 0.319 e. The minimum atomic E-state index is -0.462. The van der Waals surface area contributed by atoms with Crippen LogP contribution in [0.15, 0.2) is 12.3 Å². The van der Waals surface area contributed by atoms with E-state index in [2.05, 4.69) is 9.97 Å². The van der Waals surface area contributed by atoms with Gasteiger partial charge < -0.3 is 14.6 Å². The van der Waals surface area contributed by atoms with Crippen LogP contribution < -0.4 is 4.74 Å². The molecule has 0 fully saturated rings. The second-order valence-corrected chi connectivity index (χ2v) is 4.90. The van der Waals surface area contributed by atoms with E-state index < -0.39 is 5.82 Å². The van der Waals surface area contributed by atoms with Crippen molar-refractivity contribution in [3.8, 4) is 6.01 Å². The van der Waals surface area contributed by atoms with Crippen molar-refractivity contribution in [1.29, 1.82) is 0 Å². The van der Waals surface area contributed by atoms with Crippen LogP contribution in [0.25, 0.3) is 5.57 Å². The summed E-state index contributed by atoms with van der Waals surface area (Å²) in [6.07, 6.45) is 4.93. The lowest BCUT2D eigenvalue weighted by Gasteiger charge is -2.24. The van der Waals surface area contributed by atoms with Gasteiger partial charge in [0.2, 0.25) is 0 Å². The standard InChI is InChI=1S/C14H19FN2O3/c1-9(18)10-3-5-11(6-4-10)13-12(15)7-16-14(17-13)20-8-19-2/h5,7,9-10,18H,3-4,6,8H2,1-2H3. The largest absolute Gasteiger partial charge is 0.436 e. The topological polar surface area (TPSA) is 64.5 Å². The van der Waals surface area contributed by atoms with E-state index >= 15 is 0 Å². The molecule has 1 aromatic rings. The molecule has 0 saturated carbocycles. The first-order chi connectivity index (χ1) is 9.61. The van der Waals surface area contributed by atoms with Crippen LogP contribution >= 0.6 is 0 Å². The van der Waals surface area contributed by atoms with Crippen LogP contribution in [0.3, 0.4) is 0 Å². The summed E-state index contributed by atoms with van der Waals surface area (Å²) in [7, 11) is 1.49. The molecule has 0 radical (unpaired) electrons. The lowest BCUT2D eigenvalue weighted by Crippen LogP contribution is -2.19. The molecule has 6 heteroatoms. The fraction of sp³-hybridized carbons (Fsp3) is 0.571. The van der Waals surface area contributed by atoms with E-state index in [9.17, 15) is 9.50 Å². The van der Waals surface area contributed by atoms with Gasteiger partial charge >= 0.3 is 6.01 Å². The van der Waals surface area contributed by atoms with E-state index in [4.69, 9.17) is 9.47 Å². The van der Waals surface area contributed by atoms with Crippen molar-refractivity contribution >= 4 is 5.57 Å². The van der Waals surface area contributed by atoms with Gasteiger partial charge in [-0.05, 0) is 37.7 Å². The number of aromatic nitrogens is 2. The quantitative estimate of drug-likeness (QED) is 0.838. The van der Waals surface area contributed by atoms with Crippen LogP contribution in [0.1, 0.15) is 31.9 Å². The zero-order valence-corrected chi connectivity index (χ0v) is 11.7. The van der Waals surface area contributed by atoms with Crippen molar-refractivity contribution in [2.24, 2.45) is 5.92 Å². The Balaban J connectivity index is 2.16. The van der Waals surface area contributed by atoms with E-state index in [1.165, 1.54) is 7.11 Å². The fourth-order valence-electron chi connectivity index (χ4n) is 2.26. The van der Waals surface area contributed by atoms with E-state index in [1.54, 1.807) is 6.92 Å². The molecule has 20 heavy (non-hydrogen) atoms. The van der Waals surface area contributed by atoms with Gasteiger partial charge in [0.15, 0.2) is 12.6 Å². The van der Waals surface area contributed by atoms with Gasteiger partial charge in [0, 0.05) is 7.11 Å². The molecule has 1 N–H and O–H groups in total. The SMILES string of the molecule is COCOc1ncc(F)c(C2=CCC(C(C)O)CC2)n1. The Morgan fingerprint density at radius 3 is 2.95 bits per heavy atom. The number of hydrogen-bond acceptors (Lipinski definition) is 5. The summed E-state index contributed by atoms with van der Waals surface area (Å²) in [6.45, 7) is 1.81. The average Bonchev–Trinajstić information content (AvgIpc) is 2.46. The fourth-order valence-corrected chi connectivity index (χ4v) is 2.26. The Morgan fingerprint density at radius 2 is 2.35 bits per heavy atom. The molecule has 0 bridgehead atoms. The molecule has 0 aromatic carbocycles. The molecule has 2 atom stereocenters. The minimum absolute atomic E-state index is 0.0220. The Bertz CT molecular complexity index is 491. The number of rotatable bonds is 5. The second kappa shape index (κ2) is 6.76. The maximum absolute atomic E-state index is 13.8. The van der Waals surface area contributed by atoms with Gasteiger partial charge in [0.05, 0.1) is 12.3 Å². The van der Waals surface area contributed by atoms with E-state index in [-0.39, 0.29) is 30.5 Å². The number of allylic oxidation sites excluding steroid dienone is 2. The maximum Gasteiger partial charge on any atom is 0.319 e. The summed E-state index contributed by atoms with van der Waals surface area (Å²) in [5.74, 6) is -0.232. The maximum atomic E-state index is 13.8. The lowest BCUT2D eigenvalue weighted by molar-refractivity contribution is 0.0440. The highest BCUT2D eigenvalue weighted by atomic mass is 19.1. The van der Waals surface area contributed by atoms with Gasteiger partial charge in [-0.25, -0.2) is 9.37 Å². The third-order valence-electron chi connectivity index (χ3n) is 3.47. The number of hydrogen-bond donors (Lipinski definition) is 1. The Labute approximate surface area is 117 Å². The Kier molecular flexibility index (Phi) is 5.03. The van der Waals surface area contributed by atoms with Gasteiger partial charge in [0.25, 0.3) is 0 Å². The average molecular weight is 282 g/mol. The molecule has 0 amide bonds. The lowest BCUT2D eigenvalue weighted by atomic mass is 9.85. The van der Waals surface area contributed by atoms with E-state index in [0.29, 0.717) is 6.42 Å². The minimum Gasteiger partial charge on any atom is -0.436 e. The predicted octanol–water partition coefficient (Wildman–Crippen LogP) is 2.16. The van der Waals surface area contributed by atoms with Crippen molar-refractivity contribution in [1.82, 2.24) is 9.97 Å². The molecule has 5 nitrogen and oxygen atoms in total. The molecule has 1 aliphatic carbocycles. The molecule has 2 rings (SSSR count). The molecular weight excluding hydrogens is 263 g/mol. The summed E-state index contributed by atoms with van der Waals surface area (Å²) in [5, 5.41) is 9.57. The molecule has 0 spiro atoms. The van der Waals surface area contributed by atoms with Crippen LogP contribution in [0, 0.1) is 11.7 Å². The highest BCUT2D eigenvalue weighted by molar-refractivity contribution is 5.63. The molecular formula is C14H19FN2O3. The number of nitrogens with zero attached hydrogens (tertiary/aromatic N) is 2. The summed E-state index contributed by atoms with van der Waals surface area (Å²) >= 11 is 0. The van der Waals surface area contributed by atoms with Gasteiger partial charge in [-0.3, -0.25) is 0 Å².